The van der Waals surface area contributed by atoms with Gasteiger partial charge in [0.1, 0.15) is 5.56 Å². The predicted molar refractivity (Wildman–Crippen MR) is 93.4 cm³/mol. The number of hydrogen-bond donors (Lipinski definition) is 0. The normalized spacial score (nSPS) is 17.5. The van der Waals surface area contributed by atoms with Crippen molar-refractivity contribution in [1.29, 1.82) is 0 Å². The fourth-order valence-electron chi connectivity index (χ4n) is 3.29. The molecule has 1 aromatic heterocycles. The molecule has 0 unspecified atom stereocenters. The maximum Gasteiger partial charge on any atom is 0.341 e. The van der Waals surface area contributed by atoms with E-state index in [9.17, 15) is 9.59 Å². The summed E-state index contributed by atoms with van der Waals surface area (Å²) >= 11 is 0. The van der Waals surface area contributed by atoms with Crippen LogP contribution in [0.1, 0.15) is 54.6 Å². The average molecular weight is 357 g/mol. The Morgan fingerprint density at radius 1 is 1.38 bits per heavy atom. The van der Waals surface area contributed by atoms with Crippen LogP contribution < -0.4 is 0 Å². The first kappa shape index (κ1) is 18.1. The van der Waals surface area contributed by atoms with E-state index in [2.05, 4.69) is 21.2 Å². The van der Waals surface area contributed by atoms with Crippen molar-refractivity contribution in [1.82, 2.24) is 14.7 Å². The van der Waals surface area contributed by atoms with Crippen molar-refractivity contribution in [2.45, 2.75) is 44.2 Å². The highest BCUT2D eigenvalue weighted by Crippen LogP contribution is 2.38. The quantitative estimate of drug-likeness (QED) is 0.525. The number of amides is 1. The molecule has 0 spiro atoms. The van der Waals surface area contributed by atoms with E-state index in [4.69, 9.17) is 11.2 Å². The Kier molecular flexibility index (Phi) is 5.07. The van der Waals surface area contributed by atoms with Gasteiger partial charge in [0.05, 0.1) is 18.5 Å². The third-order valence-corrected chi connectivity index (χ3v) is 4.89. The molecule has 1 aromatic rings. The van der Waals surface area contributed by atoms with Gasteiger partial charge in [0.25, 0.3) is 0 Å². The molecule has 0 atom stereocenters. The summed E-state index contributed by atoms with van der Waals surface area (Å²) in [4.78, 5) is 26.2. The summed E-state index contributed by atoms with van der Waals surface area (Å²) < 4.78 is 6.77. The van der Waals surface area contributed by atoms with Gasteiger partial charge in [-0.1, -0.05) is 0 Å². The van der Waals surface area contributed by atoms with Gasteiger partial charge in [0, 0.05) is 51.7 Å². The molecule has 1 fully saturated rings. The van der Waals surface area contributed by atoms with Crippen LogP contribution in [0.5, 0.6) is 0 Å². The minimum absolute atomic E-state index is 0.0819. The van der Waals surface area contributed by atoms with Crippen LogP contribution in [-0.2, 0) is 16.6 Å². The van der Waals surface area contributed by atoms with Gasteiger partial charge >= 0.3 is 5.97 Å². The van der Waals surface area contributed by atoms with Gasteiger partial charge in [-0.3, -0.25) is 9.48 Å². The first-order valence-corrected chi connectivity index (χ1v) is 8.84. The molecule has 1 amide bonds. The molecule has 2 aliphatic rings. The Hall–Kier alpha value is -2.69. The number of nitrogens with zero attached hydrogens (tertiary/aromatic N) is 5. The van der Waals surface area contributed by atoms with Crippen molar-refractivity contribution in [3.8, 4) is 12.3 Å². The second kappa shape index (κ2) is 7.28. The SMILES string of the molecule is C#CCCC1(CCC(=O)N2CC(c3c(C(=O)OCC)cnn3C)C2)N=N1. The first-order chi connectivity index (χ1) is 12.5. The lowest BCUT2D eigenvalue weighted by Gasteiger charge is -2.39. The Labute approximate surface area is 152 Å². The molecule has 1 saturated heterocycles. The number of terminal acetylenes is 1. The van der Waals surface area contributed by atoms with E-state index in [-0.39, 0.29) is 17.8 Å². The highest BCUT2D eigenvalue weighted by Gasteiger charge is 2.41. The Balaban J connectivity index is 1.51. The van der Waals surface area contributed by atoms with Gasteiger partial charge < -0.3 is 9.64 Å². The summed E-state index contributed by atoms with van der Waals surface area (Å²) in [7, 11) is 1.80. The van der Waals surface area contributed by atoms with Crippen LogP contribution in [0.25, 0.3) is 0 Å². The maximum absolute atomic E-state index is 12.4. The Morgan fingerprint density at radius 3 is 2.73 bits per heavy atom. The summed E-state index contributed by atoms with van der Waals surface area (Å²) in [5.74, 6) is 2.39. The number of likely N-dealkylation sites (tertiary alicyclic amines) is 1. The lowest BCUT2D eigenvalue weighted by Crippen LogP contribution is -2.49. The molecule has 3 heterocycles. The molecular weight excluding hydrogens is 334 g/mol. The summed E-state index contributed by atoms with van der Waals surface area (Å²) in [6, 6.07) is 0. The van der Waals surface area contributed by atoms with Gasteiger partial charge in [-0.15, -0.1) is 12.3 Å². The molecule has 138 valence electrons. The minimum Gasteiger partial charge on any atom is -0.462 e. The second-order valence-corrected chi connectivity index (χ2v) is 6.67. The smallest absolute Gasteiger partial charge is 0.341 e. The molecule has 0 saturated carbocycles. The van der Waals surface area contributed by atoms with Crippen molar-refractivity contribution < 1.29 is 14.3 Å². The van der Waals surface area contributed by atoms with E-state index in [1.165, 1.54) is 6.20 Å². The van der Waals surface area contributed by atoms with Crippen LogP contribution in [0.2, 0.25) is 0 Å². The van der Waals surface area contributed by atoms with Crippen molar-refractivity contribution >= 4 is 11.9 Å². The van der Waals surface area contributed by atoms with Crippen LogP contribution in [0.4, 0.5) is 0 Å². The summed E-state index contributed by atoms with van der Waals surface area (Å²) in [5, 5.41) is 12.3. The molecule has 8 nitrogen and oxygen atoms in total. The van der Waals surface area contributed by atoms with Crippen LogP contribution in [0, 0.1) is 12.3 Å². The van der Waals surface area contributed by atoms with Crippen molar-refractivity contribution in [3.05, 3.63) is 17.5 Å². The lowest BCUT2D eigenvalue weighted by molar-refractivity contribution is -0.136. The predicted octanol–water partition coefficient (Wildman–Crippen LogP) is 1.88. The van der Waals surface area contributed by atoms with E-state index in [0.717, 1.165) is 5.69 Å². The number of carbonyl (C=O) groups is 2. The number of aromatic nitrogens is 2. The fraction of sp³-hybridized carbons (Fsp3) is 0.611. The van der Waals surface area contributed by atoms with Crippen molar-refractivity contribution in [3.63, 3.8) is 0 Å². The molecule has 0 aliphatic carbocycles. The maximum atomic E-state index is 12.4. The van der Waals surface area contributed by atoms with E-state index >= 15 is 0 Å². The molecule has 26 heavy (non-hydrogen) atoms. The highest BCUT2D eigenvalue weighted by atomic mass is 16.5. The van der Waals surface area contributed by atoms with E-state index in [0.29, 0.717) is 50.9 Å². The Morgan fingerprint density at radius 2 is 2.12 bits per heavy atom. The zero-order valence-corrected chi connectivity index (χ0v) is 15.1. The zero-order chi connectivity index (χ0) is 18.7. The number of ether oxygens (including phenoxy) is 1. The van der Waals surface area contributed by atoms with Crippen LogP contribution in [0.3, 0.4) is 0 Å². The number of esters is 1. The average Bonchev–Trinajstić information content (AvgIpc) is 3.26. The Bertz CT molecular complexity index is 764. The number of rotatable bonds is 8. The largest absolute Gasteiger partial charge is 0.462 e. The summed E-state index contributed by atoms with van der Waals surface area (Å²) in [5.41, 5.74) is 0.881. The zero-order valence-electron chi connectivity index (χ0n) is 15.1. The number of aryl methyl sites for hydroxylation is 1. The second-order valence-electron chi connectivity index (χ2n) is 6.67. The van der Waals surface area contributed by atoms with E-state index in [1.807, 2.05) is 0 Å². The molecule has 0 N–H and O–H groups in total. The van der Waals surface area contributed by atoms with Gasteiger partial charge in [0.15, 0.2) is 5.66 Å². The summed E-state index contributed by atoms with van der Waals surface area (Å²) in [6.07, 6.45) is 9.14. The highest BCUT2D eigenvalue weighted by molar-refractivity contribution is 5.90. The number of hydrogen-bond acceptors (Lipinski definition) is 6. The van der Waals surface area contributed by atoms with Crippen LogP contribution in [0.15, 0.2) is 16.4 Å². The molecule has 0 aromatic carbocycles. The van der Waals surface area contributed by atoms with Gasteiger partial charge in [-0.05, 0) is 6.92 Å². The standard InChI is InChI=1S/C18H23N5O3/c1-4-6-8-18(20-21-18)9-7-15(24)23-11-13(12-23)16-14(10-19-22(16)3)17(25)26-5-2/h1,10,13H,5-9,11-12H2,2-3H3. The topological polar surface area (TPSA) is 89.2 Å². The lowest BCUT2D eigenvalue weighted by atomic mass is 9.92. The summed E-state index contributed by atoms with van der Waals surface area (Å²) in [6.45, 7) is 3.25. The van der Waals surface area contributed by atoms with Crippen molar-refractivity contribution in [2.24, 2.45) is 17.3 Å². The monoisotopic (exact) mass is 357 g/mol. The molecular formula is C18H23N5O3. The molecule has 2 aliphatic heterocycles. The van der Waals surface area contributed by atoms with Crippen LogP contribution >= 0.6 is 0 Å². The van der Waals surface area contributed by atoms with E-state index in [1.54, 1.807) is 23.6 Å². The molecule has 3 rings (SSSR count). The number of carbonyl (C=O) groups excluding carboxylic acids is 2. The molecule has 0 bridgehead atoms. The third-order valence-electron chi connectivity index (χ3n) is 4.89. The third kappa shape index (κ3) is 3.62. The first-order valence-electron chi connectivity index (χ1n) is 8.84. The van der Waals surface area contributed by atoms with E-state index < -0.39 is 5.66 Å². The minimum atomic E-state index is -0.425. The van der Waals surface area contributed by atoms with Gasteiger partial charge in [0.2, 0.25) is 5.91 Å². The van der Waals surface area contributed by atoms with Crippen molar-refractivity contribution in [2.75, 3.05) is 19.7 Å². The van der Waals surface area contributed by atoms with Gasteiger partial charge in [-0.25, -0.2) is 4.79 Å². The van der Waals surface area contributed by atoms with Crippen LogP contribution in [-0.4, -0.2) is 51.9 Å². The molecule has 0 radical (unpaired) electrons. The molecule has 8 heteroatoms. The van der Waals surface area contributed by atoms with Gasteiger partial charge in [-0.2, -0.15) is 15.3 Å². The fourth-order valence-corrected chi connectivity index (χ4v) is 3.29.